The zero-order chi connectivity index (χ0) is 7.68. The number of rotatable bonds is 0. The van der Waals surface area contributed by atoms with Crippen LogP contribution in [-0.2, 0) is 0 Å². The fourth-order valence-corrected chi connectivity index (χ4v) is 1.18. The lowest BCUT2D eigenvalue weighted by atomic mass is 10.3. The molecule has 2 nitrogen and oxygen atoms in total. The first kappa shape index (κ1) is 6.73. The number of nitrogens with zero attached hydrogens (tertiary/aromatic N) is 2. The van der Waals surface area contributed by atoms with Gasteiger partial charge in [0.2, 0.25) is 0 Å². The van der Waals surface area contributed by atoms with Crippen LogP contribution in [0.5, 0.6) is 0 Å². The van der Waals surface area contributed by atoms with Gasteiger partial charge in [-0.2, -0.15) is 0 Å². The van der Waals surface area contributed by atoms with Crippen LogP contribution in [0.4, 0.5) is 0 Å². The maximum absolute atomic E-state index is 4.16. The number of hydrogen-bond donors (Lipinski definition) is 0. The van der Waals surface area contributed by atoms with Crippen molar-refractivity contribution in [3.8, 4) is 0 Å². The van der Waals surface area contributed by atoms with Gasteiger partial charge in [0.1, 0.15) is 4.60 Å². The molecule has 1 radical (unpaired) electrons. The third-order valence-corrected chi connectivity index (χ3v) is 1.81. The number of halogens is 1. The van der Waals surface area contributed by atoms with Gasteiger partial charge in [0.05, 0.1) is 0 Å². The van der Waals surface area contributed by atoms with Crippen molar-refractivity contribution in [2.24, 2.45) is 0 Å². The maximum atomic E-state index is 4.16. The predicted molar refractivity (Wildman–Crippen MR) is 46.1 cm³/mol. The molecule has 2 aromatic heterocycles. The molecule has 0 spiro atoms. The van der Waals surface area contributed by atoms with E-state index >= 15 is 0 Å². The first-order valence-corrected chi connectivity index (χ1v) is 3.94. The summed E-state index contributed by atoms with van der Waals surface area (Å²) in [5, 5.41) is 1.01. The maximum Gasteiger partial charge on any atom is 0.160 e. The molecular weight excluding hydrogens is 204 g/mol. The van der Waals surface area contributed by atoms with Crippen molar-refractivity contribution in [1.82, 2.24) is 9.97 Å². The molecule has 2 aromatic rings. The van der Waals surface area contributed by atoms with Crippen molar-refractivity contribution in [3.63, 3.8) is 0 Å². The van der Waals surface area contributed by atoms with Gasteiger partial charge >= 0.3 is 0 Å². The Morgan fingerprint density at radius 2 is 2.27 bits per heavy atom. The lowest BCUT2D eigenvalue weighted by Gasteiger charge is -1.93. The van der Waals surface area contributed by atoms with Gasteiger partial charge in [-0.3, -0.25) is 0 Å². The summed E-state index contributed by atoms with van der Waals surface area (Å²) in [6, 6.07) is 8.59. The Bertz CT molecular complexity index is 387. The molecular formula is C8H4BrN2. The Kier molecular flexibility index (Phi) is 1.58. The van der Waals surface area contributed by atoms with Crippen molar-refractivity contribution in [2.75, 3.05) is 0 Å². The standard InChI is InChI=1S/C8H4BrN2/c9-7-4-3-6-2-1-5-10-8(6)11-7/h2-5H. The molecule has 0 aliphatic heterocycles. The minimum atomic E-state index is 0.748. The van der Waals surface area contributed by atoms with E-state index < -0.39 is 0 Å². The first-order chi connectivity index (χ1) is 5.36. The van der Waals surface area contributed by atoms with Gasteiger partial charge in [0, 0.05) is 17.6 Å². The molecule has 53 valence electrons. The van der Waals surface area contributed by atoms with Crippen LogP contribution >= 0.6 is 15.9 Å². The predicted octanol–water partition coefficient (Wildman–Crippen LogP) is 2.19. The first-order valence-electron chi connectivity index (χ1n) is 3.14. The Morgan fingerprint density at radius 3 is 3.18 bits per heavy atom. The molecule has 0 bridgehead atoms. The molecule has 0 fully saturated rings. The van der Waals surface area contributed by atoms with Gasteiger partial charge in [-0.25, -0.2) is 9.97 Å². The monoisotopic (exact) mass is 207 g/mol. The molecule has 0 saturated heterocycles. The topological polar surface area (TPSA) is 25.8 Å². The average molecular weight is 208 g/mol. The summed E-state index contributed by atoms with van der Waals surface area (Å²) in [6.45, 7) is 0. The molecule has 2 heterocycles. The molecule has 0 amide bonds. The van der Waals surface area contributed by atoms with E-state index in [1.807, 2.05) is 18.2 Å². The summed E-state index contributed by atoms with van der Waals surface area (Å²) in [5.74, 6) is 0. The molecule has 0 unspecified atom stereocenters. The number of aromatic nitrogens is 2. The van der Waals surface area contributed by atoms with E-state index in [4.69, 9.17) is 0 Å². The smallest absolute Gasteiger partial charge is 0.160 e. The van der Waals surface area contributed by atoms with Crippen molar-refractivity contribution in [1.29, 1.82) is 0 Å². The van der Waals surface area contributed by atoms with Gasteiger partial charge in [-0.1, -0.05) is 0 Å². The van der Waals surface area contributed by atoms with E-state index in [1.165, 1.54) is 0 Å². The molecule has 2 rings (SSSR count). The molecule has 0 atom stereocenters. The van der Waals surface area contributed by atoms with Gasteiger partial charge < -0.3 is 0 Å². The van der Waals surface area contributed by atoms with E-state index in [0.29, 0.717) is 0 Å². The van der Waals surface area contributed by atoms with Gasteiger partial charge in [0.25, 0.3) is 0 Å². The van der Waals surface area contributed by atoms with E-state index in [1.54, 1.807) is 6.20 Å². The van der Waals surface area contributed by atoms with Crippen LogP contribution in [0, 0.1) is 6.07 Å². The summed E-state index contributed by atoms with van der Waals surface area (Å²) in [6.07, 6.45) is 1.61. The summed E-state index contributed by atoms with van der Waals surface area (Å²) >= 11 is 3.27. The summed E-state index contributed by atoms with van der Waals surface area (Å²) < 4.78 is 0.809. The van der Waals surface area contributed by atoms with Crippen LogP contribution in [0.3, 0.4) is 0 Å². The lowest BCUT2D eigenvalue weighted by molar-refractivity contribution is 1.25. The highest BCUT2D eigenvalue weighted by atomic mass is 79.9. The third-order valence-electron chi connectivity index (χ3n) is 1.37. The zero-order valence-electron chi connectivity index (χ0n) is 5.58. The Labute approximate surface area is 72.4 Å². The third kappa shape index (κ3) is 1.24. The second kappa shape index (κ2) is 2.58. The highest BCUT2D eigenvalue weighted by molar-refractivity contribution is 9.10. The van der Waals surface area contributed by atoms with Gasteiger partial charge in [0.15, 0.2) is 5.65 Å². The lowest BCUT2D eigenvalue weighted by Crippen LogP contribution is -1.82. The van der Waals surface area contributed by atoms with Crippen LogP contribution in [-0.4, -0.2) is 9.97 Å². The van der Waals surface area contributed by atoms with Crippen LogP contribution < -0.4 is 0 Å². The molecule has 0 aliphatic carbocycles. The zero-order valence-corrected chi connectivity index (χ0v) is 7.17. The van der Waals surface area contributed by atoms with E-state index in [0.717, 1.165) is 15.6 Å². The SMILES string of the molecule is Brc1ccc2c[c]cnc2n1. The Hall–Kier alpha value is -0.960. The number of hydrogen-bond acceptors (Lipinski definition) is 2. The summed E-state index contributed by atoms with van der Waals surface area (Å²) in [7, 11) is 0. The second-order valence-electron chi connectivity index (χ2n) is 2.12. The quantitative estimate of drug-likeness (QED) is 0.620. The van der Waals surface area contributed by atoms with Crippen LogP contribution in [0.1, 0.15) is 0 Å². The van der Waals surface area contributed by atoms with Crippen molar-refractivity contribution in [2.45, 2.75) is 0 Å². The minimum absolute atomic E-state index is 0.748. The van der Waals surface area contributed by atoms with Crippen LogP contribution in [0.2, 0.25) is 0 Å². The minimum Gasteiger partial charge on any atom is -0.236 e. The fraction of sp³-hybridized carbons (Fsp3) is 0. The second-order valence-corrected chi connectivity index (χ2v) is 2.93. The molecule has 0 aliphatic rings. The molecule has 3 heteroatoms. The van der Waals surface area contributed by atoms with Gasteiger partial charge in [-0.15, -0.1) is 0 Å². The summed E-state index contributed by atoms with van der Waals surface area (Å²) in [5.41, 5.74) is 0.748. The highest BCUT2D eigenvalue weighted by Gasteiger charge is 1.93. The van der Waals surface area contributed by atoms with Crippen molar-refractivity contribution < 1.29 is 0 Å². The highest BCUT2D eigenvalue weighted by Crippen LogP contribution is 2.12. The molecule has 0 saturated carbocycles. The molecule has 11 heavy (non-hydrogen) atoms. The van der Waals surface area contributed by atoms with E-state index in [-0.39, 0.29) is 0 Å². The normalized spacial score (nSPS) is 10.3. The van der Waals surface area contributed by atoms with Crippen LogP contribution in [0.15, 0.2) is 29.0 Å². The Morgan fingerprint density at radius 1 is 1.36 bits per heavy atom. The molecule has 0 aromatic carbocycles. The van der Waals surface area contributed by atoms with Crippen LogP contribution in [0.25, 0.3) is 11.0 Å². The fourth-order valence-electron chi connectivity index (χ4n) is 0.878. The summed E-state index contributed by atoms with van der Waals surface area (Å²) in [4.78, 5) is 8.21. The number of pyridine rings is 2. The largest absolute Gasteiger partial charge is 0.236 e. The average Bonchev–Trinajstić information content (AvgIpc) is 2.04. The van der Waals surface area contributed by atoms with Crippen molar-refractivity contribution in [3.05, 3.63) is 35.1 Å². The van der Waals surface area contributed by atoms with Crippen molar-refractivity contribution >= 4 is 27.0 Å². The van der Waals surface area contributed by atoms with E-state index in [9.17, 15) is 0 Å². The van der Waals surface area contributed by atoms with Gasteiger partial charge in [-0.05, 0) is 34.1 Å². The number of fused-ring (bicyclic) bond motifs is 1. The van der Waals surface area contributed by atoms with E-state index in [2.05, 4.69) is 32.0 Å². The Balaban J connectivity index is 2.83. The molecule has 0 N–H and O–H groups in total.